The maximum absolute atomic E-state index is 9.65. The zero-order valence-corrected chi connectivity index (χ0v) is 9.36. The Morgan fingerprint density at radius 1 is 1.00 bits per heavy atom. The van der Waals surface area contributed by atoms with Crippen LogP contribution in [0.2, 0.25) is 0 Å². The van der Waals surface area contributed by atoms with Crippen molar-refractivity contribution < 1.29 is 15.3 Å². The highest BCUT2D eigenvalue weighted by molar-refractivity contribution is 5.54. The second-order valence-corrected chi connectivity index (χ2v) is 4.44. The van der Waals surface area contributed by atoms with Crippen LogP contribution in [0.4, 0.5) is 5.69 Å². The van der Waals surface area contributed by atoms with Gasteiger partial charge in [0.15, 0.2) is 0 Å². The van der Waals surface area contributed by atoms with Crippen molar-refractivity contribution in [3.63, 3.8) is 0 Å². The summed E-state index contributed by atoms with van der Waals surface area (Å²) in [5.41, 5.74) is 1.83. The van der Waals surface area contributed by atoms with Gasteiger partial charge in [-0.1, -0.05) is 0 Å². The molecule has 4 heteroatoms. The number of aliphatic hydroxyl groups excluding tert-OH is 2. The number of aliphatic hydroxyl groups is 2. The topological polar surface area (TPSA) is 60.7 Å². The predicted molar refractivity (Wildman–Crippen MR) is 59.5 cm³/mol. The molecule has 4 nitrogen and oxygen atoms in total. The number of aromatic hydroxyl groups is 1. The fourth-order valence-corrected chi connectivity index (χ4v) is 1.37. The number of rotatable bonds is 3. The van der Waals surface area contributed by atoms with Crippen molar-refractivity contribution in [2.45, 2.75) is 13.2 Å². The van der Waals surface area contributed by atoms with Gasteiger partial charge in [0.1, 0.15) is 11.4 Å². The van der Waals surface area contributed by atoms with Gasteiger partial charge in [-0.25, -0.2) is 0 Å². The predicted octanol–water partition coefficient (Wildman–Crippen LogP) is 0.573. The minimum Gasteiger partial charge on any atom is -0.507 e. The van der Waals surface area contributed by atoms with Gasteiger partial charge in [-0.2, -0.15) is 0 Å². The normalized spacial score (nSPS) is 11.8. The second kappa shape index (κ2) is 4.18. The smallest absolute Gasteiger partial charge is 0.133 e. The van der Waals surface area contributed by atoms with Crippen molar-refractivity contribution in [1.82, 2.24) is 4.48 Å². The lowest BCUT2D eigenvalue weighted by Gasteiger charge is -2.25. The number of quaternary nitrogens is 1. The summed E-state index contributed by atoms with van der Waals surface area (Å²) in [6.07, 6.45) is 0. The molecule has 0 unspecified atom stereocenters. The van der Waals surface area contributed by atoms with E-state index in [9.17, 15) is 5.11 Å². The number of benzene rings is 1. The minimum absolute atomic E-state index is 0.0165. The summed E-state index contributed by atoms with van der Waals surface area (Å²) in [5.74, 6) is -0.0165. The lowest BCUT2D eigenvalue weighted by atomic mass is 10.1. The molecule has 0 saturated carbocycles. The Bertz CT molecular complexity index is 330. The molecule has 0 aromatic heterocycles. The van der Waals surface area contributed by atoms with E-state index in [2.05, 4.69) is 0 Å². The van der Waals surface area contributed by atoms with E-state index in [-0.39, 0.29) is 19.0 Å². The first kappa shape index (κ1) is 12.0. The first-order valence-corrected chi connectivity index (χ1v) is 4.78. The van der Waals surface area contributed by atoms with Crippen molar-refractivity contribution >= 4 is 5.69 Å². The number of phenols is 1. The van der Waals surface area contributed by atoms with Crippen LogP contribution in [0.3, 0.4) is 0 Å². The monoisotopic (exact) mass is 212 g/mol. The van der Waals surface area contributed by atoms with Gasteiger partial charge in [-0.15, -0.1) is 0 Å². The fourth-order valence-electron chi connectivity index (χ4n) is 1.37. The standard InChI is InChI=1S/C11H17NO3/c1-12(2,3)10-4-8(6-13)11(15)9(5-10)7-14/h4-5,13-14H,6-7H2,1-3H3/p+1. The van der Waals surface area contributed by atoms with E-state index < -0.39 is 0 Å². The molecular weight excluding hydrogens is 194 g/mol. The van der Waals surface area contributed by atoms with Gasteiger partial charge in [-0.05, 0) is 0 Å². The van der Waals surface area contributed by atoms with E-state index in [1.165, 1.54) is 0 Å². The fraction of sp³-hybridized carbons (Fsp3) is 0.455. The summed E-state index contributed by atoms with van der Waals surface area (Å²) in [7, 11) is 5.94. The van der Waals surface area contributed by atoms with Crippen molar-refractivity contribution in [1.29, 1.82) is 0 Å². The maximum atomic E-state index is 9.65. The zero-order chi connectivity index (χ0) is 11.6. The third kappa shape index (κ3) is 2.47. The average Bonchev–Trinajstić information content (AvgIpc) is 2.16. The van der Waals surface area contributed by atoms with Gasteiger partial charge < -0.3 is 15.3 Å². The maximum Gasteiger partial charge on any atom is 0.133 e. The van der Waals surface area contributed by atoms with Crippen LogP contribution in [0.25, 0.3) is 0 Å². The van der Waals surface area contributed by atoms with E-state index >= 15 is 0 Å². The van der Waals surface area contributed by atoms with Crippen LogP contribution in [0.15, 0.2) is 12.1 Å². The van der Waals surface area contributed by atoms with Crippen molar-refractivity contribution in [3.8, 4) is 5.75 Å². The largest absolute Gasteiger partial charge is 0.507 e. The van der Waals surface area contributed by atoms with Crippen LogP contribution in [-0.4, -0.2) is 36.5 Å². The number of nitrogens with zero attached hydrogens (tertiary/aromatic N) is 1. The number of hydrogen-bond donors (Lipinski definition) is 3. The molecule has 1 aromatic rings. The number of hydrogen-bond acceptors (Lipinski definition) is 3. The second-order valence-electron chi connectivity index (χ2n) is 4.44. The molecule has 0 aliphatic carbocycles. The Hall–Kier alpha value is -1.10. The van der Waals surface area contributed by atoms with Gasteiger partial charge in [0, 0.05) is 23.3 Å². The van der Waals surface area contributed by atoms with Crippen LogP contribution in [0, 0.1) is 0 Å². The SMILES string of the molecule is C[N+](C)(C)c1cc(CO)c(O)c(CO)c1. The molecule has 0 fully saturated rings. The molecule has 0 atom stereocenters. The Labute approximate surface area is 89.6 Å². The molecule has 0 spiro atoms. The molecule has 0 aliphatic rings. The summed E-state index contributed by atoms with van der Waals surface area (Å²) in [5, 5.41) is 27.8. The van der Waals surface area contributed by atoms with Crippen molar-refractivity contribution in [3.05, 3.63) is 23.3 Å². The van der Waals surface area contributed by atoms with E-state index in [1.807, 2.05) is 21.1 Å². The highest BCUT2D eigenvalue weighted by atomic mass is 16.3. The first-order chi connectivity index (χ1) is 6.90. The molecule has 1 rings (SSSR count). The highest BCUT2D eigenvalue weighted by Gasteiger charge is 2.17. The lowest BCUT2D eigenvalue weighted by molar-refractivity contribution is 0.263. The Kier molecular flexibility index (Phi) is 3.34. The molecule has 0 heterocycles. The van der Waals surface area contributed by atoms with E-state index in [1.54, 1.807) is 12.1 Å². The molecule has 15 heavy (non-hydrogen) atoms. The molecule has 3 N–H and O–H groups in total. The van der Waals surface area contributed by atoms with Crippen LogP contribution in [0.5, 0.6) is 5.75 Å². The molecule has 84 valence electrons. The Balaban J connectivity index is 3.33. The summed E-state index contributed by atoms with van der Waals surface area (Å²) in [6.45, 7) is -0.459. The van der Waals surface area contributed by atoms with Crippen LogP contribution < -0.4 is 4.48 Å². The van der Waals surface area contributed by atoms with Gasteiger partial charge in [0.2, 0.25) is 0 Å². The van der Waals surface area contributed by atoms with E-state index in [0.29, 0.717) is 15.6 Å². The van der Waals surface area contributed by atoms with Crippen LogP contribution >= 0.6 is 0 Å². The minimum atomic E-state index is -0.229. The molecule has 0 amide bonds. The third-order valence-electron chi connectivity index (χ3n) is 2.37. The Morgan fingerprint density at radius 3 is 1.67 bits per heavy atom. The summed E-state index contributed by atoms with van der Waals surface area (Å²) >= 11 is 0. The quantitative estimate of drug-likeness (QED) is 0.642. The van der Waals surface area contributed by atoms with Crippen LogP contribution in [0.1, 0.15) is 11.1 Å². The van der Waals surface area contributed by atoms with Gasteiger partial charge in [0.25, 0.3) is 0 Å². The Morgan fingerprint density at radius 2 is 1.40 bits per heavy atom. The molecule has 1 aromatic carbocycles. The zero-order valence-electron chi connectivity index (χ0n) is 9.36. The summed E-state index contributed by atoms with van der Waals surface area (Å²) in [4.78, 5) is 0. The van der Waals surface area contributed by atoms with Crippen molar-refractivity contribution in [2.24, 2.45) is 0 Å². The first-order valence-electron chi connectivity index (χ1n) is 4.78. The molecule has 0 radical (unpaired) electrons. The molecule has 0 bridgehead atoms. The highest BCUT2D eigenvalue weighted by Crippen LogP contribution is 2.30. The molecule has 0 saturated heterocycles. The van der Waals surface area contributed by atoms with E-state index in [0.717, 1.165) is 5.69 Å². The molecular formula is C11H18NO3+. The third-order valence-corrected chi connectivity index (χ3v) is 2.37. The molecule has 0 aliphatic heterocycles. The van der Waals surface area contributed by atoms with Gasteiger partial charge >= 0.3 is 0 Å². The van der Waals surface area contributed by atoms with Gasteiger partial charge in [-0.3, -0.25) is 4.48 Å². The summed E-state index contributed by atoms with van der Waals surface area (Å²) < 4.78 is 0.570. The van der Waals surface area contributed by atoms with Gasteiger partial charge in [0.05, 0.1) is 34.4 Å². The summed E-state index contributed by atoms with van der Waals surface area (Å²) in [6, 6.07) is 3.49. The van der Waals surface area contributed by atoms with Crippen LogP contribution in [-0.2, 0) is 13.2 Å². The lowest BCUT2D eigenvalue weighted by Crippen LogP contribution is -2.34. The van der Waals surface area contributed by atoms with E-state index in [4.69, 9.17) is 10.2 Å². The van der Waals surface area contributed by atoms with Crippen molar-refractivity contribution in [2.75, 3.05) is 21.1 Å². The average molecular weight is 212 g/mol.